The van der Waals surface area contributed by atoms with Gasteiger partial charge in [0.2, 0.25) is 5.78 Å². The topological polar surface area (TPSA) is 47.8 Å². The number of nitrogens with zero attached hydrogens (tertiary/aromatic N) is 3. The molecule has 0 aliphatic rings. The molecule has 1 aromatic carbocycles. The number of aromatic nitrogens is 3. The third-order valence-corrected chi connectivity index (χ3v) is 3.61. The van der Waals surface area contributed by atoms with Gasteiger partial charge in [-0.05, 0) is 18.6 Å². The van der Waals surface area contributed by atoms with Crippen LogP contribution in [-0.2, 0) is 6.54 Å². The minimum atomic E-state index is -0.121. The number of aryl methyl sites for hydroxylation is 1. The maximum absolute atomic E-state index is 12.9. The van der Waals surface area contributed by atoms with Crippen molar-refractivity contribution in [2.24, 2.45) is 0 Å². The van der Waals surface area contributed by atoms with Crippen molar-refractivity contribution in [2.75, 3.05) is 0 Å². The van der Waals surface area contributed by atoms with Crippen molar-refractivity contribution in [2.45, 2.75) is 19.9 Å². The highest BCUT2D eigenvalue weighted by molar-refractivity contribution is 6.35. The average molecular weight is 300 g/mol. The van der Waals surface area contributed by atoms with Crippen LogP contribution in [0.25, 0.3) is 10.9 Å². The molecule has 0 saturated carbocycles. The van der Waals surface area contributed by atoms with Gasteiger partial charge in [-0.1, -0.05) is 36.7 Å². The third kappa shape index (κ3) is 2.43. The summed E-state index contributed by atoms with van der Waals surface area (Å²) in [6.45, 7) is 2.70. The van der Waals surface area contributed by atoms with Gasteiger partial charge in [0.15, 0.2) is 0 Å². The molecule has 106 valence electrons. The summed E-state index contributed by atoms with van der Waals surface area (Å²) in [4.78, 5) is 17.1. The molecule has 0 aliphatic carbocycles. The van der Waals surface area contributed by atoms with Gasteiger partial charge in [0.25, 0.3) is 0 Å². The lowest BCUT2D eigenvalue weighted by atomic mass is 10.0. The number of pyridine rings is 1. The molecular formula is C16H14ClN3O. The van der Waals surface area contributed by atoms with Crippen LogP contribution in [0.5, 0.6) is 0 Å². The van der Waals surface area contributed by atoms with Gasteiger partial charge >= 0.3 is 0 Å². The van der Waals surface area contributed by atoms with Gasteiger partial charge in [0.05, 0.1) is 16.7 Å². The fourth-order valence-electron chi connectivity index (χ4n) is 2.40. The van der Waals surface area contributed by atoms with E-state index in [4.69, 9.17) is 11.6 Å². The second kappa shape index (κ2) is 5.66. The van der Waals surface area contributed by atoms with E-state index in [1.807, 2.05) is 31.2 Å². The second-order valence-electron chi connectivity index (χ2n) is 4.77. The van der Waals surface area contributed by atoms with Crippen LogP contribution in [-0.4, -0.2) is 20.5 Å². The highest BCUT2D eigenvalue weighted by atomic mass is 35.5. The van der Waals surface area contributed by atoms with Crippen LogP contribution < -0.4 is 0 Å². The number of fused-ring (bicyclic) bond motifs is 1. The SMILES string of the molecule is CCCn1ncc(Cl)c1C(=O)c1cccc2ncccc12. The third-order valence-electron chi connectivity index (χ3n) is 3.34. The summed E-state index contributed by atoms with van der Waals surface area (Å²) >= 11 is 6.16. The summed E-state index contributed by atoms with van der Waals surface area (Å²) in [5.74, 6) is -0.121. The summed E-state index contributed by atoms with van der Waals surface area (Å²) < 4.78 is 1.67. The number of hydrogen-bond donors (Lipinski definition) is 0. The van der Waals surface area contributed by atoms with Crippen molar-refractivity contribution in [3.05, 3.63) is 59.0 Å². The van der Waals surface area contributed by atoms with E-state index in [-0.39, 0.29) is 5.78 Å². The Kier molecular flexibility index (Phi) is 3.71. The van der Waals surface area contributed by atoms with Gasteiger partial charge in [-0.15, -0.1) is 0 Å². The molecule has 2 heterocycles. The molecule has 0 atom stereocenters. The number of halogens is 1. The summed E-state index contributed by atoms with van der Waals surface area (Å²) in [6, 6.07) is 9.23. The zero-order chi connectivity index (χ0) is 14.8. The van der Waals surface area contributed by atoms with E-state index in [9.17, 15) is 4.79 Å². The molecule has 3 aromatic rings. The fraction of sp³-hybridized carbons (Fsp3) is 0.188. The van der Waals surface area contributed by atoms with Crippen LogP contribution in [0.4, 0.5) is 0 Å². The average Bonchev–Trinajstić information content (AvgIpc) is 2.87. The molecule has 4 nitrogen and oxygen atoms in total. The van der Waals surface area contributed by atoms with Crippen LogP contribution in [0.1, 0.15) is 29.4 Å². The monoisotopic (exact) mass is 299 g/mol. The van der Waals surface area contributed by atoms with Gasteiger partial charge in [-0.25, -0.2) is 0 Å². The van der Waals surface area contributed by atoms with E-state index < -0.39 is 0 Å². The van der Waals surface area contributed by atoms with Gasteiger partial charge in [-0.3, -0.25) is 14.5 Å². The standard InChI is InChI=1S/C16H14ClN3O/c1-2-9-20-15(13(17)10-19-20)16(21)12-5-3-7-14-11(12)6-4-8-18-14/h3-8,10H,2,9H2,1H3. The highest BCUT2D eigenvalue weighted by Crippen LogP contribution is 2.24. The number of carbonyl (C=O) groups is 1. The van der Waals surface area contributed by atoms with Crippen molar-refractivity contribution < 1.29 is 4.79 Å². The van der Waals surface area contributed by atoms with Gasteiger partial charge < -0.3 is 0 Å². The molecule has 0 saturated heterocycles. The minimum Gasteiger partial charge on any atom is -0.287 e. The Morgan fingerprint density at radius 3 is 2.95 bits per heavy atom. The Hall–Kier alpha value is -2.20. The van der Waals surface area contributed by atoms with E-state index in [0.29, 0.717) is 22.8 Å². The lowest BCUT2D eigenvalue weighted by Gasteiger charge is -2.08. The molecule has 2 aromatic heterocycles. The number of ketones is 1. The first-order chi connectivity index (χ1) is 10.2. The minimum absolute atomic E-state index is 0.121. The molecule has 0 aliphatic heterocycles. The summed E-state index contributed by atoms with van der Waals surface area (Å²) in [5, 5.41) is 5.39. The van der Waals surface area contributed by atoms with Crippen LogP contribution in [0.3, 0.4) is 0 Å². The van der Waals surface area contributed by atoms with E-state index in [1.165, 1.54) is 6.20 Å². The Morgan fingerprint density at radius 2 is 2.14 bits per heavy atom. The fourth-order valence-corrected chi connectivity index (χ4v) is 2.63. The van der Waals surface area contributed by atoms with E-state index in [2.05, 4.69) is 10.1 Å². The number of carbonyl (C=O) groups excluding carboxylic acids is 1. The smallest absolute Gasteiger partial charge is 0.213 e. The van der Waals surface area contributed by atoms with Gasteiger partial charge in [-0.2, -0.15) is 5.10 Å². The Morgan fingerprint density at radius 1 is 1.29 bits per heavy atom. The summed E-state index contributed by atoms with van der Waals surface area (Å²) in [6.07, 6.45) is 4.12. The second-order valence-corrected chi connectivity index (χ2v) is 5.18. The molecule has 0 fully saturated rings. The van der Waals surface area contributed by atoms with Crippen molar-refractivity contribution in [1.29, 1.82) is 0 Å². The van der Waals surface area contributed by atoms with E-state index in [1.54, 1.807) is 16.9 Å². The van der Waals surface area contributed by atoms with Crippen LogP contribution in [0, 0.1) is 0 Å². The van der Waals surface area contributed by atoms with Crippen molar-refractivity contribution >= 4 is 28.3 Å². The molecular weight excluding hydrogens is 286 g/mol. The van der Waals surface area contributed by atoms with Crippen LogP contribution in [0.2, 0.25) is 5.02 Å². The normalized spacial score (nSPS) is 11.0. The number of hydrogen-bond acceptors (Lipinski definition) is 3. The molecule has 3 rings (SSSR count). The van der Waals surface area contributed by atoms with Crippen molar-refractivity contribution in [3.63, 3.8) is 0 Å². The first-order valence-electron chi connectivity index (χ1n) is 6.82. The predicted molar refractivity (Wildman–Crippen MR) is 82.7 cm³/mol. The van der Waals surface area contributed by atoms with Crippen LogP contribution in [0.15, 0.2) is 42.7 Å². The first kappa shape index (κ1) is 13.8. The summed E-state index contributed by atoms with van der Waals surface area (Å²) in [5.41, 5.74) is 1.83. The van der Waals surface area contributed by atoms with Crippen molar-refractivity contribution in [1.82, 2.24) is 14.8 Å². The molecule has 5 heteroatoms. The molecule has 0 N–H and O–H groups in total. The molecule has 0 bridgehead atoms. The maximum Gasteiger partial charge on any atom is 0.213 e. The predicted octanol–water partition coefficient (Wildman–Crippen LogP) is 3.73. The zero-order valence-corrected chi connectivity index (χ0v) is 12.3. The van der Waals surface area contributed by atoms with Gasteiger partial charge in [0.1, 0.15) is 5.69 Å². The van der Waals surface area contributed by atoms with E-state index in [0.717, 1.165) is 17.3 Å². The van der Waals surface area contributed by atoms with Gasteiger partial charge in [0, 0.05) is 23.7 Å². The lowest BCUT2D eigenvalue weighted by molar-refractivity contribution is 0.103. The Balaban J connectivity index is 2.15. The van der Waals surface area contributed by atoms with Crippen molar-refractivity contribution in [3.8, 4) is 0 Å². The number of benzene rings is 1. The number of rotatable bonds is 4. The molecule has 0 amide bonds. The lowest BCUT2D eigenvalue weighted by Crippen LogP contribution is -2.12. The largest absolute Gasteiger partial charge is 0.287 e. The molecule has 0 spiro atoms. The molecule has 0 unspecified atom stereocenters. The van der Waals surface area contributed by atoms with Crippen LogP contribution >= 0.6 is 11.6 Å². The quantitative estimate of drug-likeness (QED) is 0.690. The molecule has 0 radical (unpaired) electrons. The Bertz CT molecular complexity index is 805. The highest BCUT2D eigenvalue weighted by Gasteiger charge is 2.20. The maximum atomic E-state index is 12.9. The summed E-state index contributed by atoms with van der Waals surface area (Å²) in [7, 11) is 0. The first-order valence-corrected chi connectivity index (χ1v) is 7.20. The Labute approximate surface area is 127 Å². The zero-order valence-electron chi connectivity index (χ0n) is 11.6. The van der Waals surface area contributed by atoms with E-state index >= 15 is 0 Å². The molecule has 21 heavy (non-hydrogen) atoms.